The molecule has 0 amide bonds. The fourth-order valence-corrected chi connectivity index (χ4v) is 4.05. The third-order valence-electron chi connectivity index (χ3n) is 5.84. The summed E-state index contributed by atoms with van der Waals surface area (Å²) < 4.78 is 5.91. The third kappa shape index (κ3) is 4.25. The highest BCUT2D eigenvalue weighted by molar-refractivity contribution is 5.75. The second kappa shape index (κ2) is 8.22. The maximum absolute atomic E-state index is 5.91. The minimum Gasteiger partial charge on any atom is -0.377 e. The number of benzene rings is 2. The predicted octanol–water partition coefficient (Wildman–Crippen LogP) is 6.06. The van der Waals surface area contributed by atoms with Crippen molar-refractivity contribution in [3.05, 3.63) is 96.1 Å². The average Bonchev–Trinajstić information content (AvgIpc) is 3.41. The monoisotopic (exact) mass is 384 g/mol. The van der Waals surface area contributed by atoms with Gasteiger partial charge < -0.3 is 9.72 Å². The summed E-state index contributed by atoms with van der Waals surface area (Å²) in [5.41, 5.74) is 7.31. The van der Waals surface area contributed by atoms with E-state index >= 15 is 0 Å². The highest BCUT2D eigenvalue weighted by atomic mass is 16.5. The van der Waals surface area contributed by atoms with Crippen LogP contribution in [0, 0.1) is 11.8 Å². The lowest BCUT2D eigenvalue weighted by atomic mass is 10.0. The van der Waals surface area contributed by atoms with Crippen LogP contribution in [0.4, 0.5) is 0 Å². The van der Waals surface area contributed by atoms with Crippen molar-refractivity contribution in [2.45, 2.75) is 25.9 Å². The van der Waals surface area contributed by atoms with Crippen LogP contribution in [0.2, 0.25) is 0 Å². The molecule has 0 aliphatic heterocycles. The van der Waals surface area contributed by atoms with Gasteiger partial charge in [-0.3, -0.25) is 0 Å². The number of fused-ring (bicyclic) bond motifs is 1. The van der Waals surface area contributed by atoms with Crippen LogP contribution in [0.3, 0.4) is 0 Å². The van der Waals surface area contributed by atoms with E-state index in [4.69, 9.17) is 4.74 Å². The normalized spacial score (nSPS) is 19.7. The number of rotatable bonds is 8. The first kappa shape index (κ1) is 18.1. The molecule has 29 heavy (non-hydrogen) atoms. The number of aromatic amines is 1. The molecular weight excluding hydrogens is 356 g/mol. The fraction of sp³-hybridized carbons (Fsp3) is 0.269. The molecule has 3 aromatic rings. The Bertz CT molecular complexity index is 1020. The van der Waals surface area contributed by atoms with Gasteiger partial charge in [-0.25, -0.2) is 4.98 Å². The first-order valence-corrected chi connectivity index (χ1v) is 10.5. The number of nitrogens with one attached hydrogen (secondary N) is 1. The molecule has 2 unspecified atom stereocenters. The van der Waals surface area contributed by atoms with Crippen molar-refractivity contribution in [1.82, 2.24) is 9.97 Å². The molecule has 2 aliphatic rings. The summed E-state index contributed by atoms with van der Waals surface area (Å²) in [6, 6.07) is 19.1. The van der Waals surface area contributed by atoms with E-state index in [1.54, 1.807) is 0 Å². The molecule has 1 heterocycles. The zero-order valence-electron chi connectivity index (χ0n) is 16.6. The van der Waals surface area contributed by atoms with E-state index < -0.39 is 0 Å². The average molecular weight is 385 g/mol. The number of hydrogen-bond donors (Lipinski definition) is 1. The van der Waals surface area contributed by atoms with Crippen LogP contribution in [-0.2, 0) is 17.8 Å². The standard InChI is InChI=1S/C26H26N2O.H2/c1-2-5-20(6-3-1)21-10-8-19(9-11-21)17-29-14-4-7-25-26(28-18-27-25)23-13-12-22-15-24(22)16-23;/h1-3,5-6,8-13,16,18,22,24H,4,7,14-15,17H2,(H,27,28);1H. The Morgan fingerprint density at radius 2 is 1.83 bits per heavy atom. The van der Waals surface area contributed by atoms with Gasteiger partial charge in [0, 0.05) is 13.7 Å². The van der Waals surface area contributed by atoms with Crippen molar-refractivity contribution in [1.29, 1.82) is 0 Å². The molecule has 1 N–H and O–H groups in total. The van der Waals surface area contributed by atoms with Crippen molar-refractivity contribution in [3.63, 3.8) is 0 Å². The van der Waals surface area contributed by atoms with Gasteiger partial charge in [0.15, 0.2) is 0 Å². The van der Waals surface area contributed by atoms with Gasteiger partial charge in [0.25, 0.3) is 0 Å². The van der Waals surface area contributed by atoms with Crippen LogP contribution < -0.4 is 0 Å². The van der Waals surface area contributed by atoms with Gasteiger partial charge in [-0.15, -0.1) is 0 Å². The predicted molar refractivity (Wildman–Crippen MR) is 119 cm³/mol. The largest absolute Gasteiger partial charge is 0.377 e. The zero-order chi connectivity index (χ0) is 19.5. The number of hydrogen-bond acceptors (Lipinski definition) is 2. The Balaban J connectivity index is 0.00000218. The maximum Gasteiger partial charge on any atom is 0.0929 e. The van der Waals surface area contributed by atoms with Gasteiger partial charge in [0.2, 0.25) is 0 Å². The maximum atomic E-state index is 5.91. The first-order valence-electron chi connectivity index (χ1n) is 10.5. The molecule has 2 aliphatic carbocycles. The number of ether oxygens (including phenoxy) is 1. The SMILES string of the molecule is C1=CC2CC2C=C1c1nc[nH]c1CCCOCc1ccc(-c2ccccc2)cc1.[HH]. The lowest BCUT2D eigenvalue weighted by molar-refractivity contribution is 0.118. The van der Waals surface area contributed by atoms with Crippen molar-refractivity contribution in [3.8, 4) is 11.1 Å². The van der Waals surface area contributed by atoms with E-state index in [9.17, 15) is 0 Å². The van der Waals surface area contributed by atoms with Gasteiger partial charge in [-0.2, -0.15) is 0 Å². The van der Waals surface area contributed by atoms with Crippen molar-refractivity contribution in [2.24, 2.45) is 11.8 Å². The summed E-state index contributed by atoms with van der Waals surface area (Å²) in [7, 11) is 0. The summed E-state index contributed by atoms with van der Waals surface area (Å²) in [5, 5.41) is 0. The molecule has 3 heteroatoms. The summed E-state index contributed by atoms with van der Waals surface area (Å²) >= 11 is 0. The first-order chi connectivity index (χ1) is 14.4. The van der Waals surface area contributed by atoms with Crippen LogP contribution >= 0.6 is 0 Å². The molecule has 1 fully saturated rings. The second-order valence-corrected chi connectivity index (χ2v) is 7.99. The van der Waals surface area contributed by atoms with Crippen molar-refractivity contribution >= 4 is 5.57 Å². The van der Waals surface area contributed by atoms with E-state index in [0.29, 0.717) is 6.61 Å². The smallest absolute Gasteiger partial charge is 0.0929 e. The minimum atomic E-state index is 0. The summed E-state index contributed by atoms with van der Waals surface area (Å²) in [5.74, 6) is 1.53. The minimum absolute atomic E-state index is 0. The van der Waals surface area contributed by atoms with Gasteiger partial charge in [0.05, 0.1) is 18.6 Å². The molecule has 0 radical (unpaired) electrons. The molecule has 5 rings (SSSR count). The van der Waals surface area contributed by atoms with Crippen LogP contribution in [0.25, 0.3) is 16.7 Å². The molecule has 3 nitrogen and oxygen atoms in total. The van der Waals surface area contributed by atoms with Gasteiger partial charge in [0.1, 0.15) is 0 Å². The highest BCUT2D eigenvalue weighted by Gasteiger charge is 2.35. The topological polar surface area (TPSA) is 37.9 Å². The summed E-state index contributed by atoms with van der Waals surface area (Å²) in [6.07, 6.45) is 12.0. The number of H-pyrrole nitrogens is 1. The Morgan fingerprint density at radius 1 is 1.00 bits per heavy atom. The number of allylic oxidation sites excluding steroid dienone is 4. The van der Waals surface area contributed by atoms with E-state index in [2.05, 4.69) is 76.7 Å². The summed E-state index contributed by atoms with van der Waals surface area (Å²) in [4.78, 5) is 7.88. The van der Waals surface area contributed by atoms with Crippen LogP contribution in [0.5, 0.6) is 0 Å². The number of imidazole rings is 1. The molecule has 148 valence electrons. The molecule has 2 aromatic carbocycles. The Hall–Kier alpha value is -2.91. The lowest BCUT2D eigenvalue weighted by Crippen LogP contribution is -2.00. The summed E-state index contributed by atoms with van der Waals surface area (Å²) in [6.45, 7) is 1.40. The van der Waals surface area contributed by atoms with E-state index in [0.717, 1.165) is 37.0 Å². The molecule has 0 bridgehead atoms. The molecule has 1 saturated carbocycles. The molecular formula is C26H28N2O. The van der Waals surface area contributed by atoms with Crippen LogP contribution in [-0.4, -0.2) is 16.6 Å². The highest BCUT2D eigenvalue weighted by Crippen LogP contribution is 2.46. The van der Waals surface area contributed by atoms with Gasteiger partial charge >= 0.3 is 0 Å². The fourth-order valence-electron chi connectivity index (χ4n) is 4.05. The number of aryl methyl sites for hydroxylation is 1. The van der Waals surface area contributed by atoms with E-state index in [1.165, 1.54) is 34.4 Å². The van der Waals surface area contributed by atoms with Crippen LogP contribution in [0.1, 0.15) is 31.2 Å². The number of nitrogens with zero attached hydrogens (tertiary/aromatic N) is 1. The van der Waals surface area contributed by atoms with Crippen molar-refractivity contribution in [2.75, 3.05) is 6.61 Å². The quantitative estimate of drug-likeness (QED) is 0.479. The Kier molecular flexibility index (Phi) is 5.14. The lowest BCUT2D eigenvalue weighted by Gasteiger charge is -2.08. The Morgan fingerprint density at radius 3 is 2.66 bits per heavy atom. The number of aromatic nitrogens is 2. The third-order valence-corrected chi connectivity index (χ3v) is 5.84. The molecule has 0 spiro atoms. The van der Waals surface area contributed by atoms with E-state index in [-0.39, 0.29) is 1.43 Å². The second-order valence-electron chi connectivity index (χ2n) is 7.99. The van der Waals surface area contributed by atoms with Crippen LogP contribution in [0.15, 0.2) is 79.2 Å². The zero-order valence-corrected chi connectivity index (χ0v) is 16.6. The Labute approximate surface area is 173 Å². The molecule has 2 atom stereocenters. The molecule has 0 saturated heterocycles. The van der Waals surface area contributed by atoms with Gasteiger partial charge in [-0.05, 0) is 53.4 Å². The molecule has 1 aromatic heterocycles. The van der Waals surface area contributed by atoms with E-state index in [1.807, 2.05) is 12.4 Å². The van der Waals surface area contributed by atoms with Gasteiger partial charge in [-0.1, -0.05) is 72.8 Å². The van der Waals surface area contributed by atoms with Crippen molar-refractivity contribution < 1.29 is 6.16 Å².